The molecule has 0 amide bonds. The van der Waals surface area contributed by atoms with E-state index in [0.29, 0.717) is 18.7 Å². The van der Waals surface area contributed by atoms with Gasteiger partial charge in [0.2, 0.25) is 0 Å². The molecule has 2 aliphatic rings. The van der Waals surface area contributed by atoms with Crippen LogP contribution in [0.5, 0.6) is 0 Å². The van der Waals surface area contributed by atoms with Crippen molar-refractivity contribution in [3.8, 4) is 18.2 Å². The molecule has 2 unspecified atom stereocenters. The van der Waals surface area contributed by atoms with Crippen molar-refractivity contribution in [2.45, 2.75) is 5.92 Å². The SMILES string of the molecule is N#CC1=C(N)C2=CCNCC2C(c2ccccc2F)C1(C#N)C#N. The normalized spacial score (nSPS) is 24.8. The van der Waals surface area contributed by atoms with Gasteiger partial charge in [-0.05, 0) is 17.2 Å². The summed E-state index contributed by atoms with van der Waals surface area (Å²) in [4.78, 5) is 0. The molecule has 118 valence electrons. The van der Waals surface area contributed by atoms with Gasteiger partial charge in [0.1, 0.15) is 5.82 Å². The van der Waals surface area contributed by atoms with Gasteiger partial charge in [0, 0.05) is 24.9 Å². The summed E-state index contributed by atoms with van der Waals surface area (Å²) >= 11 is 0. The standard InChI is InChI=1S/C18H14FN5/c19-15-4-2-1-3-12(15)16-13-8-24-6-5-11(13)17(23)14(7-20)18(16,9-21)10-22/h1-5,13,16,24H,6,8,23H2. The molecule has 0 bridgehead atoms. The van der Waals surface area contributed by atoms with Crippen LogP contribution in [0.2, 0.25) is 0 Å². The Balaban J connectivity index is 2.37. The molecule has 0 fully saturated rings. The fraction of sp³-hybridized carbons (Fsp3) is 0.278. The number of hydrogen-bond donors (Lipinski definition) is 2. The zero-order valence-corrected chi connectivity index (χ0v) is 12.8. The van der Waals surface area contributed by atoms with Crippen LogP contribution in [0.15, 0.2) is 47.2 Å². The first-order valence-electron chi connectivity index (χ1n) is 7.49. The first-order valence-corrected chi connectivity index (χ1v) is 7.49. The minimum atomic E-state index is -1.82. The Morgan fingerprint density at radius 2 is 1.92 bits per heavy atom. The molecule has 0 radical (unpaired) electrons. The molecule has 24 heavy (non-hydrogen) atoms. The lowest BCUT2D eigenvalue weighted by Gasteiger charge is -2.43. The fourth-order valence-electron chi connectivity index (χ4n) is 3.71. The van der Waals surface area contributed by atoms with Crippen molar-refractivity contribution < 1.29 is 4.39 Å². The van der Waals surface area contributed by atoms with Gasteiger partial charge in [-0.25, -0.2) is 4.39 Å². The quantitative estimate of drug-likeness (QED) is 0.820. The molecule has 0 spiro atoms. The minimum absolute atomic E-state index is 0.0925. The molecule has 0 saturated carbocycles. The summed E-state index contributed by atoms with van der Waals surface area (Å²) in [5.74, 6) is -1.66. The second-order valence-corrected chi connectivity index (χ2v) is 5.86. The highest BCUT2D eigenvalue weighted by molar-refractivity contribution is 5.59. The fourth-order valence-corrected chi connectivity index (χ4v) is 3.71. The summed E-state index contributed by atoms with van der Waals surface area (Å²) in [6.45, 7) is 1.02. The summed E-state index contributed by atoms with van der Waals surface area (Å²) in [5, 5.41) is 32.3. The lowest BCUT2D eigenvalue weighted by atomic mass is 9.57. The number of nitriles is 3. The smallest absolute Gasteiger partial charge is 0.187 e. The van der Waals surface area contributed by atoms with Gasteiger partial charge in [-0.1, -0.05) is 24.3 Å². The summed E-state index contributed by atoms with van der Waals surface area (Å²) in [7, 11) is 0. The van der Waals surface area contributed by atoms with E-state index < -0.39 is 17.2 Å². The molecule has 1 heterocycles. The minimum Gasteiger partial charge on any atom is -0.398 e. The number of allylic oxidation sites excluding steroid dienone is 2. The molecule has 3 rings (SSSR count). The lowest BCUT2D eigenvalue weighted by molar-refractivity contribution is 0.325. The molecule has 1 aromatic rings. The van der Waals surface area contributed by atoms with Gasteiger partial charge in [0.05, 0.1) is 29.5 Å². The number of hydrogen-bond acceptors (Lipinski definition) is 5. The van der Waals surface area contributed by atoms with Crippen LogP contribution in [-0.4, -0.2) is 13.1 Å². The van der Waals surface area contributed by atoms with Crippen molar-refractivity contribution in [3.63, 3.8) is 0 Å². The molecular weight excluding hydrogens is 305 g/mol. The van der Waals surface area contributed by atoms with Gasteiger partial charge in [-0.3, -0.25) is 0 Å². The highest BCUT2D eigenvalue weighted by atomic mass is 19.1. The second kappa shape index (κ2) is 5.81. The third-order valence-electron chi connectivity index (χ3n) is 4.78. The van der Waals surface area contributed by atoms with E-state index in [1.165, 1.54) is 6.07 Å². The second-order valence-electron chi connectivity index (χ2n) is 5.86. The molecule has 0 aromatic heterocycles. The van der Waals surface area contributed by atoms with Crippen LogP contribution in [0.4, 0.5) is 4.39 Å². The number of halogens is 1. The number of rotatable bonds is 1. The molecule has 5 nitrogen and oxygen atoms in total. The number of fused-ring (bicyclic) bond motifs is 1. The van der Waals surface area contributed by atoms with Crippen LogP contribution in [0.25, 0.3) is 0 Å². The number of benzene rings is 1. The summed E-state index contributed by atoms with van der Waals surface area (Å²) in [6.07, 6.45) is 1.84. The molecular formula is C18H14FN5. The molecule has 0 saturated heterocycles. The van der Waals surface area contributed by atoms with Gasteiger partial charge >= 0.3 is 0 Å². The highest BCUT2D eigenvalue weighted by Crippen LogP contribution is 2.54. The van der Waals surface area contributed by atoms with Crippen LogP contribution in [0.3, 0.4) is 0 Å². The van der Waals surface area contributed by atoms with E-state index in [1.54, 1.807) is 18.2 Å². The van der Waals surface area contributed by atoms with Crippen molar-refractivity contribution in [1.82, 2.24) is 5.32 Å². The average Bonchev–Trinajstić information content (AvgIpc) is 2.62. The van der Waals surface area contributed by atoms with Gasteiger partial charge in [-0.2, -0.15) is 15.8 Å². The van der Waals surface area contributed by atoms with Crippen LogP contribution in [0, 0.1) is 51.1 Å². The van der Waals surface area contributed by atoms with Crippen LogP contribution in [-0.2, 0) is 0 Å². The van der Waals surface area contributed by atoms with E-state index in [4.69, 9.17) is 5.73 Å². The van der Waals surface area contributed by atoms with Crippen molar-refractivity contribution in [1.29, 1.82) is 15.8 Å². The van der Waals surface area contributed by atoms with Crippen molar-refractivity contribution in [2.24, 2.45) is 17.1 Å². The van der Waals surface area contributed by atoms with Crippen LogP contribution >= 0.6 is 0 Å². The van der Waals surface area contributed by atoms with E-state index >= 15 is 0 Å². The topological polar surface area (TPSA) is 109 Å². The van der Waals surface area contributed by atoms with Gasteiger partial charge in [-0.15, -0.1) is 0 Å². The molecule has 1 aliphatic carbocycles. The third-order valence-corrected chi connectivity index (χ3v) is 4.78. The first kappa shape index (κ1) is 15.7. The van der Waals surface area contributed by atoms with Crippen LogP contribution < -0.4 is 11.1 Å². The first-order chi connectivity index (χ1) is 11.6. The molecule has 1 aliphatic heterocycles. The van der Waals surface area contributed by atoms with Gasteiger partial charge in [0.15, 0.2) is 5.41 Å². The van der Waals surface area contributed by atoms with Gasteiger partial charge in [0.25, 0.3) is 0 Å². The Labute approximate surface area is 139 Å². The predicted molar refractivity (Wildman–Crippen MR) is 84.1 cm³/mol. The Morgan fingerprint density at radius 3 is 2.54 bits per heavy atom. The average molecular weight is 319 g/mol. The summed E-state index contributed by atoms with van der Waals surface area (Å²) in [5.41, 5.74) is 5.33. The van der Waals surface area contributed by atoms with E-state index in [2.05, 4.69) is 5.32 Å². The third kappa shape index (κ3) is 2.00. The van der Waals surface area contributed by atoms with E-state index in [-0.39, 0.29) is 22.8 Å². The van der Waals surface area contributed by atoms with Crippen molar-refractivity contribution >= 4 is 0 Å². The predicted octanol–water partition coefficient (Wildman–Crippen LogP) is 1.84. The molecule has 6 heteroatoms. The monoisotopic (exact) mass is 319 g/mol. The number of nitrogens with one attached hydrogen (secondary N) is 1. The summed E-state index contributed by atoms with van der Waals surface area (Å²) < 4.78 is 14.5. The Hall–Kier alpha value is -3.14. The molecule has 2 atom stereocenters. The van der Waals surface area contributed by atoms with E-state index in [9.17, 15) is 20.2 Å². The van der Waals surface area contributed by atoms with Gasteiger partial charge < -0.3 is 11.1 Å². The van der Waals surface area contributed by atoms with Crippen molar-refractivity contribution in [3.05, 3.63) is 58.6 Å². The van der Waals surface area contributed by atoms with E-state index in [0.717, 1.165) is 0 Å². The molecule has 3 N–H and O–H groups in total. The van der Waals surface area contributed by atoms with E-state index in [1.807, 2.05) is 24.3 Å². The Kier molecular flexibility index (Phi) is 3.81. The Bertz CT molecular complexity index is 864. The lowest BCUT2D eigenvalue weighted by Crippen LogP contribution is -2.46. The zero-order chi connectivity index (χ0) is 17.3. The summed E-state index contributed by atoms with van der Waals surface area (Å²) in [6, 6.07) is 11.9. The maximum absolute atomic E-state index is 14.5. The van der Waals surface area contributed by atoms with Crippen LogP contribution in [0.1, 0.15) is 11.5 Å². The largest absolute Gasteiger partial charge is 0.398 e. The number of nitrogens with zero attached hydrogens (tertiary/aromatic N) is 3. The molecule has 1 aromatic carbocycles. The maximum atomic E-state index is 14.5. The highest BCUT2D eigenvalue weighted by Gasteiger charge is 2.55. The number of nitrogens with two attached hydrogens (primary N) is 1. The van der Waals surface area contributed by atoms with Crippen molar-refractivity contribution in [2.75, 3.05) is 13.1 Å². The Morgan fingerprint density at radius 1 is 1.21 bits per heavy atom. The maximum Gasteiger partial charge on any atom is 0.187 e. The zero-order valence-electron chi connectivity index (χ0n) is 12.8.